The first-order valence-corrected chi connectivity index (χ1v) is 7.26. The van der Waals surface area contributed by atoms with Gasteiger partial charge in [0.25, 0.3) is 0 Å². The van der Waals surface area contributed by atoms with Crippen molar-refractivity contribution in [3.63, 3.8) is 0 Å². The largest absolute Gasteiger partial charge is 0.453 e. The fourth-order valence-corrected chi connectivity index (χ4v) is 3.37. The molecule has 0 bridgehead atoms. The van der Waals surface area contributed by atoms with Crippen LogP contribution < -0.4 is 5.32 Å². The maximum atomic E-state index is 5.56. The normalized spacial score (nSPS) is 12.9. The molecule has 0 saturated carbocycles. The van der Waals surface area contributed by atoms with Gasteiger partial charge < -0.3 is 9.73 Å². The van der Waals surface area contributed by atoms with Gasteiger partial charge in [-0.1, -0.05) is 0 Å². The average molecular weight is 365 g/mol. The SMILES string of the molecule is CNC(Cc1ccc(Br)s1)c1ccc(Br)o1. The second-order valence-corrected chi connectivity index (χ2v) is 6.72. The van der Waals surface area contributed by atoms with E-state index in [1.54, 1.807) is 11.3 Å². The highest BCUT2D eigenvalue weighted by atomic mass is 79.9. The Kier molecular flexibility index (Phi) is 4.24. The molecule has 2 rings (SSSR count). The van der Waals surface area contributed by atoms with E-state index in [4.69, 9.17) is 4.42 Å². The Morgan fingerprint density at radius 3 is 2.62 bits per heavy atom. The smallest absolute Gasteiger partial charge is 0.169 e. The van der Waals surface area contributed by atoms with E-state index in [0.29, 0.717) is 0 Å². The zero-order chi connectivity index (χ0) is 11.5. The van der Waals surface area contributed by atoms with Gasteiger partial charge in [0.05, 0.1) is 9.83 Å². The topological polar surface area (TPSA) is 25.2 Å². The van der Waals surface area contributed by atoms with Crippen LogP contribution in [-0.2, 0) is 6.42 Å². The summed E-state index contributed by atoms with van der Waals surface area (Å²) in [5.74, 6) is 0.957. The molecular formula is C11H11Br2NOS. The van der Waals surface area contributed by atoms with E-state index in [1.165, 1.54) is 4.88 Å². The van der Waals surface area contributed by atoms with Gasteiger partial charge in [0, 0.05) is 11.3 Å². The molecule has 0 amide bonds. The Labute approximate surface area is 115 Å². The van der Waals surface area contributed by atoms with Gasteiger partial charge in [-0.05, 0) is 63.2 Å². The van der Waals surface area contributed by atoms with Gasteiger partial charge in [-0.15, -0.1) is 11.3 Å². The van der Waals surface area contributed by atoms with E-state index in [2.05, 4.69) is 49.3 Å². The minimum atomic E-state index is 0.219. The molecule has 0 aliphatic heterocycles. The van der Waals surface area contributed by atoms with Crippen LogP contribution in [0.2, 0.25) is 0 Å². The quantitative estimate of drug-likeness (QED) is 0.871. The fraction of sp³-hybridized carbons (Fsp3) is 0.273. The highest BCUT2D eigenvalue weighted by molar-refractivity contribution is 9.11. The van der Waals surface area contributed by atoms with Crippen molar-refractivity contribution in [2.75, 3.05) is 7.05 Å². The molecule has 0 radical (unpaired) electrons. The summed E-state index contributed by atoms with van der Waals surface area (Å²) in [6.45, 7) is 0. The number of likely N-dealkylation sites (N-methyl/N-ethyl adjacent to an activating group) is 1. The van der Waals surface area contributed by atoms with Crippen molar-refractivity contribution in [2.24, 2.45) is 0 Å². The molecule has 2 nitrogen and oxygen atoms in total. The predicted molar refractivity (Wildman–Crippen MR) is 73.9 cm³/mol. The zero-order valence-electron chi connectivity index (χ0n) is 8.67. The van der Waals surface area contributed by atoms with Crippen LogP contribution >= 0.6 is 43.2 Å². The second kappa shape index (κ2) is 5.49. The molecule has 0 aliphatic rings. The van der Waals surface area contributed by atoms with Crippen LogP contribution in [0, 0.1) is 0 Å². The highest BCUT2D eigenvalue weighted by Crippen LogP contribution is 2.28. The molecule has 1 N–H and O–H groups in total. The van der Waals surface area contributed by atoms with Gasteiger partial charge in [0.2, 0.25) is 0 Å². The van der Waals surface area contributed by atoms with Crippen molar-refractivity contribution in [1.82, 2.24) is 5.32 Å². The summed E-state index contributed by atoms with van der Waals surface area (Å²) < 4.78 is 7.50. The van der Waals surface area contributed by atoms with Crippen molar-refractivity contribution in [1.29, 1.82) is 0 Å². The lowest BCUT2D eigenvalue weighted by molar-refractivity contribution is 0.418. The van der Waals surface area contributed by atoms with Gasteiger partial charge in [-0.3, -0.25) is 0 Å². The molecule has 0 spiro atoms. The molecule has 1 atom stereocenters. The molecule has 0 fully saturated rings. The third kappa shape index (κ3) is 2.97. The third-order valence-corrected chi connectivity index (χ3v) is 4.39. The number of rotatable bonds is 4. The van der Waals surface area contributed by atoms with Gasteiger partial charge in [-0.2, -0.15) is 0 Å². The lowest BCUT2D eigenvalue weighted by Gasteiger charge is -2.11. The first-order valence-electron chi connectivity index (χ1n) is 4.85. The number of furan rings is 1. The number of halogens is 2. The van der Waals surface area contributed by atoms with Gasteiger partial charge >= 0.3 is 0 Å². The van der Waals surface area contributed by atoms with Gasteiger partial charge in [0.1, 0.15) is 5.76 Å². The Bertz CT molecular complexity index is 466. The monoisotopic (exact) mass is 363 g/mol. The first kappa shape index (κ1) is 12.4. The van der Waals surface area contributed by atoms with Crippen LogP contribution in [0.25, 0.3) is 0 Å². The lowest BCUT2D eigenvalue weighted by atomic mass is 10.1. The van der Waals surface area contributed by atoms with E-state index >= 15 is 0 Å². The molecule has 16 heavy (non-hydrogen) atoms. The second-order valence-electron chi connectivity index (χ2n) is 3.39. The van der Waals surface area contributed by atoms with E-state index in [9.17, 15) is 0 Å². The molecule has 5 heteroatoms. The summed E-state index contributed by atoms with van der Waals surface area (Å²) in [5.41, 5.74) is 0. The maximum Gasteiger partial charge on any atom is 0.169 e. The van der Waals surface area contributed by atoms with Crippen molar-refractivity contribution in [3.8, 4) is 0 Å². The molecule has 0 aromatic carbocycles. The minimum Gasteiger partial charge on any atom is -0.453 e. The van der Waals surface area contributed by atoms with Crippen LogP contribution in [0.1, 0.15) is 16.7 Å². The van der Waals surface area contributed by atoms with E-state index in [-0.39, 0.29) is 6.04 Å². The minimum absolute atomic E-state index is 0.219. The van der Waals surface area contributed by atoms with Crippen LogP contribution in [-0.4, -0.2) is 7.05 Å². The maximum absolute atomic E-state index is 5.56. The van der Waals surface area contributed by atoms with E-state index < -0.39 is 0 Å². The van der Waals surface area contributed by atoms with Crippen molar-refractivity contribution in [2.45, 2.75) is 12.5 Å². The summed E-state index contributed by atoms with van der Waals surface area (Å²) in [5, 5.41) is 3.27. The summed E-state index contributed by atoms with van der Waals surface area (Å²) in [4.78, 5) is 1.33. The summed E-state index contributed by atoms with van der Waals surface area (Å²) >= 11 is 8.55. The summed E-state index contributed by atoms with van der Waals surface area (Å²) in [6, 6.07) is 8.34. The van der Waals surface area contributed by atoms with E-state index in [0.717, 1.165) is 20.6 Å². The van der Waals surface area contributed by atoms with Crippen LogP contribution in [0.5, 0.6) is 0 Å². The Balaban J connectivity index is 2.12. The number of hydrogen-bond acceptors (Lipinski definition) is 3. The van der Waals surface area contributed by atoms with Crippen molar-refractivity contribution >= 4 is 43.2 Å². The summed E-state index contributed by atoms with van der Waals surface area (Å²) in [7, 11) is 1.95. The molecule has 0 aliphatic carbocycles. The fourth-order valence-electron chi connectivity index (χ4n) is 1.52. The zero-order valence-corrected chi connectivity index (χ0v) is 12.7. The molecular weight excluding hydrogens is 354 g/mol. The molecule has 0 saturated heterocycles. The standard InChI is InChI=1S/C11H11Br2NOS/c1-14-8(9-3-4-10(12)15-9)6-7-2-5-11(13)16-7/h2-5,8,14H,6H2,1H3. The third-order valence-electron chi connectivity index (χ3n) is 2.32. The molecule has 2 heterocycles. The Morgan fingerprint density at radius 1 is 1.31 bits per heavy atom. The average Bonchev–Trinajstić information content (AvgIpc) is 2.84. The van der Waals surface area contributed by atoms with Crippen LogP contribution in [0.3, 0.4) is 0 Å². The molecule has 86 valence electrons. The van der Waals surface area contributed by atoms with Crippen LogP contribution in [0.15, 0.2) is 37.1 Å². The van der Waals surface area contributed by atoms with Crippen molar-refractivity contribution < 1.29 is 4.42 Å². The van der Waals surface area contributed by atoms with Gasteiger partial charge in [-0.25, -0.2) is 0 Å². The predicted octanol–water partition coefficient (Wildman–Crippen LogP) is 4.37. The van der Waals surface area contributed by atoms with Crippen LogP contribution in [0.4, 0.5) is 0 Å². The summed E-state index contributed by atoms with van der Waals surface area (Å²) in [6.07, 6.45) is 0.937. The first-order chi connectivity index (χ1) is 7.69. The lowest BCUT2D eigenvalue weighted by Crippen LogP contribution is -2.17. The molecule has 2 aromatic rings. The Morgan fingerprint density at radius 2 is 2.12 bits per heavy atom. The number of hydrogen-bond donors (Lipinski definition) is 1. The number of thiophene rings is 1. The number of nitrogens with one attached hydrogen (secondary N) is 1. The van der Waals surface area contributed by atoms with E-state index in [1.807, 2.05) is 19.2 Å². The van der Waals surface area contributed by atoms with Gasteiger partial charge in [0.15, 0.2) is 4.67 Å². The van der Waals surface area contributed by atoms with Crippen molar-refractivity contribution in [3.05, 3.63) is 43.4 Å². The molecule has 1 unspecified atom stereocenters. The highest BCUT2D eigenvalue weighted by Gasteiger charge is 2.14. The molecule has 2 aromatic heterocycles. The Hall–Kier alpha value is -0.100.